The lowest BCUT2D eigenvalue weighted by atomic mass is 10.0. The highest BCUT2D eigenvalue weighted by Crippen LogP contribution is 2.23. The third-order valence-electron chi connectivity index (χ3n) is 5.24. The Morgan fingerprint density at radius 2 is 2.08 bits per heavy atom. The molecule has 1 aliphatic rings. The van der Waals surface area contributed by atoms with Crippen molar-refractivity contribution in [2.75, 3.05) is 27.2 Å². The van der Waals surface area contributed by atoms with Crippen LogP contribution in [-0.2, 0) is 17.1 Å². The van der Waals surface area contributed by atoms with Crippen molar-refractivity contribution in [3.63, 3.8) is 0 Å². The maximum Gasteiger partial charge on any atom is 0.244 e. The number of hydrogen-bond acceptors (Lipinski definition) is 5. The van der Waals surface area contributed by atoms with Gasteiger partial charge in [0.25, 0.3) is 0 Å². The molecule has 0 amide bonds. The van der Waals surface area contributed by atoms with Crippen molar-refractivity contribution < 1.29 is 8.42 Å². The number of sulfonamides is 1. The number of pyridine rings is 1. The van der Waals surface area contributed by atoms with Crippen molar-refractivity contribution in [3.05, 3.63) is 18.0 Å². The fraction of sp³-hybridized carbons (Fsp3) is 0.647. The summed E-state index contributed by atoms with van der Waals surface area (Å²) >= 11 is 0. The van der Waals surface area contributed by atoms with Gasteiger partial charge < -0.3 is 4.90 Å². The van der Waals surface area contributed by atoms with Crippen LogP contribution in [0.4, 0.5) is 0 Å². The minimum absolute atomic E-state index is 0.232. The molecule has 1 fully saturated rings. The van der Waals surface area contributed by atoms with Gasteiger partial charge in [-0.3, -0.25) is 4.68 Å². The molecular weight excluding hydrogens is 338 g/mol. The molecule has 0 aromatic carbocycles. The van der Waals surface area contributed by atoms with Crippen LogP contribution in [0.25, 0.3) is 11.0 Å². The normalized spacial score (nSPS) is 19.8. The summed E-state index contributed by atoms with van der Waals surface area (Å²) in [7, 11) is 2.05. The molecule has 3 rings (SSSR count). The van der Waals surface area contributed by atoms with E-state index in [-0.39, 0.29) is 4.90 Å². The zero-order valence-corrected chi connectivity index (χ0v) is 16.3. The number of rotatable bonds is 5. The fourth-order valence-electron chi connectivity index (χ4n) is 3.57. The van der Waals surface area contributed by atoms with Crippen LogP contribution in [-0.4, -0.2) is 65.6 Å². The van der Waals surface area contributed by atoms with Crippen molar-refractivity contribution >= 4 is 21.1 Å². The second-order valence-electron chi connectivity index (χ2n) is 7.00. The van der Waals surface area contributed by atoms with Gasteiger partial charge in [0, 0.05) is 38.3 Å². The van der Waals surface area contributed by atoms with E-state index in [9.17, 15) is 8.42 Å². The second kappa shape index (κ2) is 7.01. The first-order valence-corrected chi connectivity index (χ1v) is 10.2. The molecule has 2 aromatic rings. The van der Waals surface area contributed by atoms with Crippen LogP contribution in [0.2, 0.25) is 0 Å². The summed E-state index contributed by atoms with van der Waals surface area (Å²) in [6.07, 6.45) is 5.90. The van der Waals surface area contributed by atoms with Crippen molar-refractivity contribution in [1.29, 1.82) is 0 Å². The Kier molecular flexibility index (Phi) is 5.13. The van der Waals surface area contributed by atoms with Crippen molar-refractivity contribution in [2.45, 2.75) is 43.5 Å². The van der Waals surface area contributed by atoms with Crippen LogP contribution in [0, 0.1) is 6.92 Å². The average molecular weight is 366 g/mol. The number of hydrogen-bond donors (Lipinski definition) is 0. The van der Waals surface area contributed by atoms with E-state index in [2.05, 4.69) is 22.0 Å². The molecule has 0 bridgehead atoms. The number of piperidine rings is 1. The number of nitrogens with zero attached hydrogens (tertiary/aromatic N) is 5. The lowest BCUT2D eigenvalue weighted by molar-refractivity contribution is 0.170. The van der Waals surface area contributed by atoms with Crippen LogP contribution in [0.1, 0.15) is 31.4 Å². The predicted octanol–water partition coefficient (Wildman–Crippen LogP) is 1.77. The predicted molar refractivity (Wildman–Crippen MR) is 97.9 cm³/mol. The van der Waals surface area contributed by atoms with Gasteiger partial charge in [-0.15, -0.1) is 0 Å². The van der Waals surface area contributed by atoms with Crippen molar-refractivity contribution in [2.24, 2.45) is 7.05 Å². The molecular formula is C17H27N5O2S. The Morgan fingerprint density at radius 1 is 1.32 bits per heavy atom. The first-order chi connectivity index (χ1) is 11.8. The smallest absolute Gasteiger partial charge is 0.244 e. The molecule has 1 saturated heterocycles. The lowest BCUT2D eigenvalue weighted by Gasteiger charge is -2.33. The molecule has 0 spiro atoms. The first-order valence-electron chi connectivity index (χ1n) is 8.76. The summed E-state index contributed by atoms with van der Waals surface area (Å²) in [5.74, 6) is 0. The van der Waals surface area contributed by atoms with Crippen LogP contribution >= 0.6 is 0 Å². The molecule has 8 heteroatoms. The minimum atomic E-state index is -3.54. The molecule has 3 heterocycles. The van der Waals surface area contributed by atoms with Crippen molar-refractivity contribution in [3.8, 4) is 0 Å². The van der Waals surface area contributed by atoms with E-state index < -0.39 is 10.0 Å². The van der Waals surface area contributed by atoms with Gasteiger partial charge in [0.1, 0.15) is 4.90 Å². The lowest BCUT2D eigenvalue weighted by Crippen LogP contribution is -2.39. The monoisotopic (exact) mass is 365 g/mol. The first kappa shape index (κ1) is 18.3. The van der Waals surface area contributed by atoms with Gasteiger partial charge >= 0.3 is 0 Å². The molecule has 2 aromatic heterocycles. The summed E-state index contributed by atoms with van der Waals surface area (Å²) in [5.41, 5.74) is 1.48. The molecule has 7 nitrogen and oxygen atoms in total. The van der Waals surface area contributed by atoms with Gasteiger partial charge in [0.05, 0.1) is 5.69 Å². The number of aromatic nitrogens is 3. The third kappa shape index (κ3) is 3.56. The number of fused-ring (bicyclic) bond motifs is 1. The van der Waals surface area contributed by atoms with E-state index in [1.807, 2.05) is 14.0 Å². The Bertz CT molecular complexity index is 861. The van der Waals surface area contributed by atoms with Gasteiger partial charge in [-0.2, -0.15) is 5.10 Å². The van der Waals surface area contributed by atoms with Crippen LogP contribution in [0.15, 0.2) is 17.2 Å². The zero-order valence-electron chi connectivity index (χ0n) is 15.4. The highest BCUT2D eigenvalue weighted by Gasteiger charge is 2.25. The third-order valence-corrected chi connectivity index (χ3v) is 7.07. The minimum Gasteiger partial charge on any atom is -0.303 e. The quantitative estimate of drug-likeness (QED) is 0.808. The number of likely N-dealkylation sites (tertiary alicyclic amines) is 1. The summed E-state index contributed by atoms with van der Waals surface area (Å²) in [6.45, 7) is 3.48. The van der Waals surface area contributed by atoms with Gasteiger partial charge in [-0.25, -0.2) is 17.7 Å². The molecule has 138 valence electrons. The Morgan fingerprint density at radius 3 is 2.80 bits per heavy atom. The van der Waals surface area contributed by atoms with E-state index in [1.165, 1.54) is 23.3 Å². The maximum atomic E-state index is 12.9. The molecule has 25 heavy (non-hydrogen) atoms. The van der Waals surface area contributed by atoms with E-state index in [1.54, 1.807) is 17.8 Å². The van der Waals surface area contributed by atoms with Crippen molar-refractivity contribution in [1.82, 2.24) is 24.0 Å². The van der Waals surface area contributed by atoms with Gasteiger partial charge in [-0.1, -0.05) is 6.42 Å². The highest BCUT2D eigenvalue weighted by molar-refractivity contribution is 7.89. The average Bonchev–Trinajstić information content (AvgIpc) is 2.87. The summed E-state index contributed by atoms with van der Waals surface area (Å²) < 4.78 is 28.9. The van der Waals surface area contributed by atoms with E-state index >= 15 is 0 Å². The molecule has 0 N–H and O–H groups in total. The summed E-state index contributed by atoms with van der Waals surface area (Å²) in [5, 5.41) is 5.09. The maximum absolute atomic E-state index is 12.9. The molecule has 0 radical (unpaired) electrons. The van der Waals surface area contributed by atoms with Gasteiger partial charge in [0.2, 0.25) is 10.0 Å². The van der Waals surface area contributed by atoms with Crippen LogP contribution < -0.4 is 0 Å². The Hall–Kier alpha value is -1.51. The Balaban J connectivity index is 1.77. The van der Waals surface area contributed by atoms with E-state index in [0.29, 0.717) is 18.2 Å². The fourth-order valence-corrected chi connectivity index (χ4v) is 4.73. The molecule has 0 saturated carbocycles. The number of aryl methyl sites for hydroxylation is 2. The van der Waals surface area contributed by atoms with Crippen LogP contribution in [0.3, 0.4) is 0 Å². The largest absolute Gasteiger partial charge is 0.303 e. The second-order valence-corrected chi connectivity index (χ2v) is 9.04. The van der Waals surface area contributed by atoms with Crippen LogP contribution in [0.5, 0.6) is 0 Å². The standard InChI is InChI=1S/C17H27N5O2S/c1-13-16-11-15(12-18-17(16)22(4)19-13)25(23,24)21(3)10-8-14-7-5-6-9-20(14)2/h11-12,14H,5-10H2,1-4H3. The van der Waals surface area contributed by atoms with Gasteiger partial charge in [0.15, 0.2) is 5.65 Å². The zero-order chi connectivity index (χ0) is 18.2. The SMILES string of the molecule is Cc1nn(C)c2ncc(S(=O)(=O)N(C)CCC3CCCCN3C)cc12. The Labute approximate surface area is 149 Å². The molecule has 1 unspecified atom stereocenters. The van der Waals surface area contributed by atoms with Gasteiger partial charge in [-0.05, 0) is 45.8 Å². The van der Waals surface area contributed by atoms with E-state index in [4.69, 9.17) is 0 Å². The molecule has 0 aliphatic carbocycles. The molecule has 1 atom stereocenters. The topological polar surface area (TPSA) is 71.3 Å². The van der Waals surface area contributed by atoms with E-state index in [0.717, 1.165) is 30.5 Å². The summed E-state index contributed by atoms with van der Waals surface area (Å²) in [6, 6.07) is 2.15. The summed E-state index contributed by atoms with van der Waals surface area (Å²) in [4.78, 5) is 6.87. The highest BCUT2D eigenvalue weighted by atomic mass is 32.2. The molecule has 1 aliphatic heterocycles.